The van der Waals surface area contributed by atoms with Crippen LogP contribution < -0.4 is 9.58 Å². The first-order chi connectivity index (χ1) is 13.6. The molecule has 0 N–H and O–H groups in total. The first-order valence-corrected chi connectivity index (χ1v) is 9.67. The maximum Gasteiger partial charge on any atom is 0.337 e. The van der Waals surface area contributed by atoms with Gasteiger partial charge in [-0.15, -0.1) is 0 Å². The molecule has 0 saturated heterocycles. The summed E-state index contributed by atoms with van der Waals surface area (Å²) in [5.74, 6) is -0.339. The van der Waals surface area contributed by atoms with Gasteiger partial charge in [0.2, 0.25) is 0 Å². The highest BCUT2D eigenvalue weighted by molar-refractivity contribution is 7.15. The summed E-state index contributed by atoms with van der Waals surface area (Å²) in [6, 6.07) is 15.6. The van der Waals surface area contributed by atoms with Crippen LogP contribution in [0, 0.1) is 0 Å². The third-order valence-corrected chi connectivity index (χ3v) is 5.81. The predicted molar refractivity (Wildman–Crippen MR) is 112 cm³/mol. The minimum absolute atomic E-state index is 0.339. The minimum Gasteiger partial charge on any atom is -0.465 e. The lowest BCUT2D eigenvalue weighted by atomic mass is 10.1. The number of rotatable bonds is 3. The van der Waals surface area contributed by atoms with Crippen molar-refractivity contribution in [2.45, 2.75) is 0 Å². The Balaban J connectivity index is 1.64. The van der Waals surface area contributed by atoms with Gasteiger partial charge in [0, 0.05) is 35.2 Å². The Labute approximate surface area is 167 Å². The molecule has 0 unspecified atom stereocenters. The highest BCUT2D eigenvalue weighted by Crippen LogP contribution is 2.31. The van der Waals surface area contributed by atoms with E-state index in [2.05, 4.69) is 53.5 Å². The molecule has 1 aliphatic rings. The Hall–Kier alpha value is -3.25. The van der Waals surface area contributed by atoms with Gasteiger partial charge >= 0.3 is 5.97 Å². The molecule has 0 fully saturated rings. The number of allylic oxidation sites excluding steroid dienone is 1. The number of hydrogen-bond donors (Lipinski definition) is 0. The van der Waals surface area contributed by atoms with E-state index in [4.69, 9.17) is 4.74 Å². The topological polar surface area (TPSA) is 46.3 Å². The number of benzene rings is 2. The smallest absolute Gasteiger partial charge is 0.337 e. The van der Waals surface area contributed by atoms with Crippen molar-refractivity contribution >= 4 is 35.1 Å². The van der Waals surface area contributed by atoms with Crippen LogP contribution in [-0.2, 0) is 11.8 Å². The quantitative estimate of drug-likeness (QED) is 0.502. The van der Waals surface area contributed by atoms with Gasteiger partial charge in [0.25, 0.3) is 5.01 Å². The zero-order chi connectivity index (χ0) is 19.7. The fraction of sp³-hybridized carbons (Fsp3) is 0.136. The van der Waals surface area contributed by atoms with E-state index in [1.807, 2.05) is 29.9 Å². The first-order valence-electron chi connectivity index (χ1n) is 8.85. The molecule has 3 aromatic rings. The van der Waals surface area contributed by atoms with E-state index in [0.717, 1.165) is 21.3 Å². The normalized spacial score (nSPS) is 14.2. The first kappa shape index (κ1) is 18.1. The van der Waals surface area contributed by atoms with Crippen LogP contribution >= 0.6 is 11.3 Å². The maximum atomic E-state index is 11.6. The number of nitrogens with zero attached hydrogens (tertiary/aromatic N) is 3. The zero-order valence-electron chi connectivity index (χ0n) is 15.9. The van der Waals surface area contributed by atoms with E-state index >= 15 is 0 Å². The fourth-order valence-electron chi connectivity index (χ4n) is 3.11. The zero-order valence-corrected chi connectivity index (χ0v) is 16.7. The van der Waals surface area contributed by atoms with E-state index in [0.29, 0.717) is 5.56 Å². The van der Waals surface area contributed by atoms with E-state index in [-0.39, 0.29) is 5.97 Å². The van der Waals surface area contributed by atoms with Crippen LogP contribution in [-0.4, -0.2) is 25.2 Å². The van der Waals surface area contributed by atoms with Crippen LogP contribution in [0.5, 0.6) is 0 Å². The molecule has 4 rings (SSSR count). The van der Waals surface area contributed by atoms with Crippen molar-refractivity contribution in [3.63, 3.8) is 0 Å². The number of fused-ring (bicyclic) bond motifs is 1. The summed E-state index contributed by atoms with van der Waals surface area (Å²) < 4.78 is 6.63. The standard InChI is InChI=1S/C22H20N3O2S/c1-24-18(13-12-15-6-4-5-7-19(15)24)14-20-25(2)23-21(28-20)16-8-10-17(11-9-16)22(26)27-3/h4-14H,1-3H3/q+1. The summed E-state index contributed by atoms with van der Waals surface area (Å²) in [6.07, 6.45) is 6.39. The van der Waals surface area contributed by atoms with E-state index in [1.54, 1.807) is 23.5 Å². The van der Waals surface area contributed by atoms with Gasteiger partial charge in [0.05, 0.1) is 12.7 Å². The second-order valence-electron chi connectivity index (χ2n) is 6.46. The Morgan fingerprint density at radius 2 is 1.89 bits per heavy atom. The number of carbonyl (C=O) groups is 1. The molecule has 0 radical (unpaired) electrons. The second-order valence-corrected chi connectivity index (χ2v) is 7.47. The molecule has 0 bridgehead atoms. The summed E-state index contributed by atoms with van der Waals surface area (Å²) in [7, 11) is 5.39. The molecule has 2 heterocycles. The largest absolute Gasteiger partial charge is 0.465 e. The molecule has 140 valence electrons. The van der Waals surface area contributed by atoms with E-state index < -0.39 is 0 Å². The summed E-state index contributed by atoms with van der Waals surface area (Å²) in [5, 5.41) is 6.58. The molecule has 0 amide bonds. The summed E-state index contributed by atoms with van der Waals surface area (Å²) in [6.45, 7) is 0. The third kappa shape index (κ3) is 3.34. The minimum atomic E-state index is -0.339. The monoisotopic (exact) mass is 390 g/mol. The van der Waals surface area contributed by atoms with Gasteiger partial charge in [-0.2, -0.15) is 0 Å². The molecule has 28 heavy (non-hydrogen) atoms. The van der Waals surface area contributed by atoms with Crippen LogP contribution in [0.4, 0.5) is 5.69 Å². The molecular formula is C22H20N3O2S+. The van der Waals surface area contributed by atoms with Crippen molar-refractivity contribution in [3.05, 3.63) is 76.4 Å². The van der Waals surface area contributed by atoms with Crippen molar-refractivity contribution in [1.29, 1.82) is 0 Å². The van der Waals surface area contributed by atoms with Gasteiger partial charge in [0.15, 0.2) is 12.1 Å². The van der Waals surface area contributed by atoms with Gasteiger partial charge in [-0.25, -0.2) is 4.79 Å². The number of aryl methyl sites for hydroxylation is 1. The highest BCUT2D eigenvalue weighted by Gasteiger charge is 2.19. The number of methoxy groups -OCH3 is 1. The Morgan fingerprint density at radius 1 is 1.14 bits per heavy atom. The number of aromatic nitrogens is 2. The average Bonchev–Trinajstić information content (AvgIpc) is 3.10. The molecule has 0 aliphatic carbocycles. The predicted octanol–water partition coefficient (Wildman–Crippen LogP) is 3.93. The van der Waals surface area contributed by atoms with Gasteiger partial charge in [-0.05, 0) is 41.2 Å². The van der Waals surface area contributed by atoms with Crippen molar-refractivity contribution in [2.75, 3.05) is 19.1 Å². The Bertz CT molecular complexity index is 1100. The van der Waals surface area contributed by atoms with Gasteiger partial charge < -0.3 is 9.64 Å². The molecule has 1 aliphatic heterocycles. The van der Waals surface area contributed by atoms with Crippen molar-refractivity contribution < 1.29 is 14.2 Å². The van der Waals surface area contributed by atoms with Gasteiger partial charge in [-0.1, -0.05) is 41.1 Å². The third-order valence-electron chi connectivity index (χ3n) is 4.70. The van der Waals surface area contributed by atoms with Crippen LogP contribution in [0.25, 0.3) is 22.7 Å². The van der Waals surface area contributed by atoms with Gasteiger partial charge in [-0.3, -0.25) is 0 Å². The van der Waals surface area contributed by atoms with E-state index in [1.165, 1.54) is 18.4 Å². The van der Waals surface area contributed by atoms with Crippen LogP contribution in [0.15, 0.2) is 60.3 Å². The molecule has 1 aromatic heterocycles. The van der Waals surface area contributed by atoms with Crippen molar-refractivity contribution in [3.8, 4) is 10.6 Å². The van der Waals surface area contributed by atoms with Crippen LogP contribution in [0.3, 0.4) is 0 Å². The number of ether oxygens (including phenoxy) is 1. The lowest BCUT2D eigenvalue weighted by Gasteiger charge is -2.25. The molecule has 6 heteroatoms. The summed E-state index contributed by atoms with van der Waals surface area (Å²) in [4.78, 5) is 13.8. The molecule has 0 spiro atoms. The van der Waals surface area contributed by atoms with Crippen LogP contribution in [0.1, 0.15) is 20.9 Å². The van der Waals surface area contributed by atoms with Crippen molar-refractivity contribution in [1.82, 2.24) is 5.10 Å². The summed E-state index contributed by atoms with van der Waals surface area (Å²) in [5.41, 5.74) is 4.99. The SMILES string of the molecule is COC(=O)c1ccc(-c2n[n+](C)c(/C=C3/C=Cc4ccccc4N3C)s2)cc1. The van der Waals surface area contributed by atoms with Gasteiger partial charge in [0.1, 0.15) is 0 Å². The van der Waals surface area contributed by atoms with Crippen LogP contribution in [0.2, 0.25) is 0 Å². The summed E-state index contributed by atoms with van der Waals surface area (Å²) >= 11 is 1.61. The number of carbonyl (C=O) groups excluding carboxylic acids is 1. The Kier molecular flexibility index (Phi) is 4.79. The molecular weight excluding hydrogens is 370 g/mol. The number of esters is 1. The fourth-order valence-corrected chi connectivity index (χ4v) is 4.08. The molecule has 0 saturated carbocycles. The molecule has 2 aromatic carbocycles. The molecule has 5 nitrogen and oxygen atoms in total. The highest BCUT2D eigenvalue weighted by atomic mass is 32.1. The second kappa shape index (κ2) is 7.40. The average molecular weight is 390 g/mol. The lowest BCUT2D eigenvalue weighted by Crippen LogP contribution is -2.33. The van der Waals surface area contributed by atoms with E-state index in [9.17, 15) is 4.79 Å². The number of likely N-dealkylation sites (N-methyl/N-ethyl adjacent to an activating group) is 1. The number of hydrogen-bond acceptors (Lipinski definition) is 5. The lowest BCUT2D eigenvalue weighted by molar-refractivity contribution is -0.726. The number of para-hydroxylation sites is 1. The maximum absolute atomic E-state index is 11.6. The molecule has 0 atom stereocenters. The Morgan fingerprint density at radius 3 is 2.64 bits per heavy atom. The van der Waals surface area contributed by atoms with Crippen molar-refractivity contribution in [2.24, 2.45) is 7.05 Å². The number of anilines is 1.